The van der Waals surface area contributed by atoms with Crippen molar-refractivity contribution in [1.82, 2.24) is 14.8 Å². The van der Waals surface area contributed by atoms with Crippen LogP contribution in [0.3, 0.4) is 0 Å². The lowest BCUT2D eigenvalue weighted by Gasteiger charge is -2.11. The number of rotatable bonds is 6. The molecule has 1 aromatic heterocycles. The smallest absolute Gasteiger partial charge is 0.367 e. The van der Waals surface area contributed by atoms with Gasteiger partial charge in [-0.25, -0.2) is 4.79 Å². The van der Waals surface area contributed by atoms with Crippen LogP contribution in [0.15, 0.2) is 36.7 Å². The summed E-state index contributed by atoms with van der Waals surface area (Å²) < 4.78 is 6.51. The number of imide groups is 1. The molecule has 1 aliphatic rings. The predicted octanol–water partition coefficient (Wildman–Crippen LogP) is 1.29. The molecule has 8 nitrogen and oxygen atoms in total. The number of fused-ring (bicyclic) bond motifs is 1. The number of ether oxygens (including phenoxy) is 1. The molecule has 2 amide bonds. The molecular formula is C16H15N3O5. The summed E-state index contributed by atoms with van der Waals surface area (Å²) in [5, 5.41) is 4.51. The Bertz CT molecular complexity index is 764. The van der Waals surface area contributed by atoms with E-state index in [9.17, 15) is 14.4 Å². The lowest BCUT2D eigenvalue weighted by molar-refractivity contribution is -0.0584. The number of benzene rings is 1. The first kappa shape index (κ1) is 15.9. The van der Waals surface area contributed by atoms with Crippen LogP contribution < -0.4 is 0 Å². The third-order valence-electron chi connectivity index (χ3n) is 3.54. The van der Waals surface area contributed by atoms with Crippen molar-refractivity contribution in [2.45, 2.75) is 13.0 Å². The number of nitrogens with zero attached hydrogens (tertiary/aromatic N) is 3. The van der Waals surface area contributed by atoms with Crippen molar-refractivity contribution in [2.24, 2.45) is 0 Å². The minimum absolute atomic E-state index is 0.156. The first-order valence-electron chi connectivity index (χ1n) is 7.33. The Kier molecular flexibility index (Phi) is 4.39. The quantitative estimate of drug-likeness (QED) is 0.586. The monoisotopic (exact) mass is 329 g/mol. The van der Waals surface area contributed by atoms with E-state index >= 15 is 0 Å². The average molecular weight is 329 g/mol. The fourth-order valence-electron chi connectivity index (χ4n) is 2.35. The van der Waals surface area contributed by atoms with Crippen molar-refractivity contribution >= 4 is 17.8 Å². The molecule has 0 fully saturated rings. The highest BCUT2D eigenvalue weighted by Crippen LogP contribution is 2.23. The van der Waals surface area contributed by atoms with Gasteiger partial charge in [-0.15, -0.1) is 0 Å². The van der Waals surface area contributed by atoms with Gasteiger partial charge in [0.05, 0.1) is 22.9 Å². The molecule has 0 bridgehead atoms. The lowest BCUT2D eigenvalue weighted by atomic mass is 10.1. The molecule has 0 saturated heterocycles. The Morgan fingerprint density at radius 1 is 1.17 bits per heavy atom. The van der Waals surface area contributed by atoms with Gasteiger partial charge >= 0.3 is 5.97 Å². The largest absolute Gasteiger partial charge is 0.385 e. The average Bonchev–Trinajstić information content (AvgIpc) is 3.15. The molecule has 0 unspecified atom stereocenters. The maximum Gasteiger partial charge on any atom is 0.367 e. The minimum Gasteiger partial charge on any atom is -0.385 e. The summed E-state index contributed by atoms with van der Waals surface area (Å²) in [6.45, 7) is 1.16. The van der Waals surface area contributed by atoms with Crippen molar-refractivity contribution in [1.29, 1.82) is 0 Å². The van der Waals surface area contributed by atoms with Gasteiger partial charge in [0.2, 0.25) is 0 Å². The molecule has 0 saturated carbocycles. The van der Waals surface area contributed by atoms with Gasteiger partial charge in [0.15, 0.2) is 0 Å². The van der Waals surface area contributed by atoms with Crippen LogP contribution in [0.4, 0.5) is 0 Å². The van der Waals surface area contributed by atoms with Crippen LogP contribution in [0.1, 0.15) is 37.5 Å². The Morgan fingerprint density at radius 2 is 1.83 bits per heavy atom. The van der Waals surface area contributed by atoms with Crippen molar-refractivity contribution in [3.8, 4) is 0 Å². The predicted molar refractivity (Wildman–Crippen MR) is 81.1 cm³/mol. The van der Waals surface area contributed by atoms with Gasteiger partial charge in [0.25, 0.3) is 11.8 Å². The molecule has 1 aromatic carbocycles. The van der Waals surface area contributed by atoms with E-state index in [1.165, 1.54) is 24.5 Å². The van der Waals surface area contributed by atoms with Crippen LogP contribution in [0, 0.1) is 0 Å². The standard InChI is InChI=1S/C16H15N3O5/c1-23-8-4-7-18-10-11(9-17-18)16(22)24-19-14(20)12-5-2-3-6-13(12)15(19)21/h2-3,5-6,9-10H,4,7-8H2,1H3. The fourth-order valence-corrected chi connectivity index (χ4v) is 2.35. The zero-order valence-electron chi connectivity index (χ0n) is 13.0. The second-order valence-corrected chi connectivity index (χ2v) is 5.17. The number of hydroxylamine groups is 2. The van der Waals surface area contributed by atoms with E-state index in [1.54, 1.807) is 23.9 Å². The van der Waals surface area contributed by atoms with E-state index in [-0.39, 0.29) is 16.7 Å². The molecule has 0 N–H and O–H groups in total. The molecule has 0 aliphatic carbocycles. The highest BCUT2D eigenvalue weighted by molar-refractivity contribution is 6.21. The number of carbonyl (C=O) groups excluding carboxylic acids is 3. The van der Waals surface area contributed by atoms with Crippen LogP contribution in [0.5, 0.6) is 0 Å². The number of carbonyl (C=O) groups is 3. The fraction of sp³-hybridized carbons (Fsp3) is 0.250. The normalized spacial score (nSPS) is 13.3. The Morgan fingerprint density at radius 3 is 2.46 bits per heavy atom. The van der Waals surface area contributed by atoms with Crippen LogP contribution in [-0.2, 0) is 16.1 Å². The third kappa shape index (κ3) is 2.91. The minimum atomic E-state index is -0.817. The zero-order valence-corrected chi connectivity index (χ0v) is 13.0. The Hall–Kier alpha value is -3.00. The highest BCUT2D eigenvalue weighted by atomic mass is 16.7. The van der Waals surface area contributed by atoms with Crippen LogP contribution >= 0.6 is 0 Å². The first-order chi connectivity index (χ1) is 11.6. The van der Waals surface area contributed by atoms with E-state index < -0.39 is 17.8 Å². The third-order valence-corrected chi connectivity index (χ3v) is 3.54. The van der Waals surface area contributed by atoms with Gasteiger partial charge in [0, 0.05) is 26.5 Å². The summed E-state index contributed by atoms with van der Waals surface area (Å²) in [7, 11) is 1.61. The molecule has 124 valence electrons. The lowest BCUT2D eigenvalue weighted by Crippen LogP contribution is -2.32. The molecular weight excluding hydrogens is 314 g/mol. The summed E-state index contributed by atoms with van der Waals surface area (Å²) in [5.74, 6) is -2.13. The van der Waals surface area contributed by atoms with Gasteiger partial charge < -0.3 is 9.57 Å². The molecule has 2 aromatic rings. The zero-order chi connectivity index (χ0) is 17.1. The van der Waals surface area contributed by atoms with Crippen LogP contribution in [0.2, 0.25) is 0 Å². The van der Waals surface area contributed by atoms with Crippen molar-refractivity contribution in [3.63, 3.8) is 0 Å². The van der Waals surface area contributed by atoms with E-state index in [4.69, 9.17) is 9.57 Å². The Labute approximate surface area is 137 Å². The summed E-state index contributed by atoms with van der Waals surface area (Å²) in [4.78, 5) is 41.4. The summed E-state index contributed by atoms with van der Waals surface area (Å²) >= 11 is 0. The number of aryl methyl sites for hydroxylation is 1. The number of hydrogen-bond donors (Lipinski definition) is 0. The summed E-state index contributed by atoms with van der Waals surface area (Å²) in [5.41, 5.74) is 0.583. The SMILES string of the molecule is COCCCn1cc(C(=O)ON2C(=O)c3ccccc3C2=O)cn1. The van der Waals surface area contributed by atoms with Crippen LogP contribution in [-0.4, -0.2) is 46.3 Å². The number of hydrogen-bond acceptors (Lipinski definition) is 6. The van der Waals surface area contributed by atoms with Crippen LogP contribution in [0.25, 0.3) is 0 Å². The van der Waals surface area contributed by atoms with Gasteiger partial charge in [-0.3, -0.25) is 14.3 Å². The number of aromatic nitrogens is 2. The molecule has 0 atom stereocenters. The first-order valence-corrected chi connectivity index (χ1v) is 7.33. The highest BCUT2D eigenvalue weighted by Gasteiger charge is 2.38. The van der Waals surface area contributed by atoms with E-state index in [1.807, 2.05) is 0 Å². The molecule has 0 spiro atoms. The summed E-state index contributed by atoms with van der Waals surface area (Å²) in [6.07, 6.45) is 3.56. The van der Waals surface area contributed by atoms with Gasteiger partial charge in [-0.2, -0.15) is 5.10 Å². The Balaban J connectivity index is 1.68. The molecule has 24 heavy (non-hydrogen) atoms. The molecule has 1 aliphatic heterocycles. The second kappa shape index (κ2) is 6.63. The van der Waals surface area contributed by atoms with Crippen molar-refractivity contribution in [3.05, 3.63) is 53.3 Å². The molecule has 3 rings (SSSR count). The van der Waals surface area contributed by atoms with E-state index in [0.717, 1.165) is 6.42 Å². The molecule has 8 heteroatoms. The summed E-state index contributed by atoms with van der Waals surface area (Å²) in [6, 6.07) is 6.30. The van der Waals surface area contributed by atoms with E-state index in [0.29, 0.717) is 18.2 Å². The van der Waals surface area contributed by atoms with Gasteiger partial charge in [0.1, 0.15) is 0 Å². The van der Waals surface area contributed by atoms with E-state index in [2.05, 4.69) is 5.10 Å². The number of methoxy groups -OCH3 is 1. The molecule has 2 heterocycles. The van der Waals surface area contributed by atoms with Gasteiger partial charge in [-0.05, 0) is 18.6 Å². The van der Waals surface area contributed by atoms with Crippen molar-refractivity contribution < 1.29 is 24.0 Å². The van der Waals surface area contributed by atoms with Crippen molar-refractivity contribution in [2.75, 3.05) is 13.7 Å². The molecule has 0 radical (unpaired) electrons. The second-order valence-electron chi connectivity index (χ2n) is 5.17. The topological polar surface area (TPSA) is 90.7 Å². The number of amides is 2. The maximum atomic E-state index is 12.1. The maximum absolute atomic E-state index is 12.1. The van der Waals surface area contributed by atoms with Gasteiger partial charge in [-0.1, -0.05) is 17.2 Å².